The van der Waals surface area contributed by atoms with E-state index in [1.807, 2.05) is 37.3 Å². The van der Waals surface area contributed by atoms with Crippen LogP contribution in [0.3, 0.4) is 0 Å². The van der Waals surface area contributed by atoms with E-state index in [-0.39, 0.29) is 11.7 Å². The Morgan fingerprint density at radius 2 is 2.05 bits per heavy atom. The molecule has 0 aliphatic heterocycles. The highest BCUT2D eigenvalue weighted by molar-refractivity contribution is 5.85. The van der Waals surface area contributed by atoms with Gasteiger partial charge >= 0.3 is 5.97 Å². The van der Waals surface area contributed by atoms with Crippen molar-refractivity contribution in [1.82, 2.24) is 14.8 Å². The van der Waals surface area contributed by atoms with Crippen LogP contribution in [-0.4, -0.2) is 27.3 Å². The quantitative estimate of drug-likeness (QED) is 0.789. The molecule has 5 heteroatoms. The molecule has 1 heterocycles. The maximum absolute atomic E-state index is 11.6. The van der Waals surface area contributed by atoms with Crippen molar-refractivity contribution >= 4 is 5.97 Å². The molecule has 0 saturated heterocycles. The number of benzene rings is 1. The van der Waals surface area contributed by atoms with Gasteiger partial charge in [-0.05, 0) is 12.5 Å². The SMILES string of the molecule is CCOC(=O)c1nc(C(C)c2ccccc2)n(C)n1. The van der Waals surface area contributed by atoms with Crippen LogP contribution >= 0.6 is 0 Å². The van der Waals surface area contributed by atoms with Crippen LogP contribution in [-0.2, 0) is 11.8 Å². The topological polar surface area (TPSA) is 57.0 Å². The minimum absolute atomic E-state index is 0.0712. The first kappa shape index (κ1) is 13.3. The lowest BCUT2D eigenvalue weighted by molar-refractivity contribution is 0.0512. The number of hydrogen-bond acceptors (Lipinski definition) is 4. The van der Waals surface area contributed by atoms with E-state index in [1.54, 1.807) is 18.7 Å². The van der Waals surface area contributed by atoms with E-state index in [1.165, 1.54) is 0 Å². The lowest BCUT2D eigenvalue weighted by atomic mass is 10.0. The van der Waals surface area contributed by atoms with E-state index in [0.717, 1.165) is 11.4 Å². The third-order valence-corrected chi connectivity index (χ3v) is 2.94. The predicted octanol–water partition coefficient (Wildman–Crippen LogP) is 2.14. The molecule has 0 spiro atoms. The molecule has 2 rings (SSSR count). The predicted molar refractivity (Wildman–Crippen MR) is 70.9 cm³/mol. The van der Waals surface area contributed by atoms with Gasteiger partial charge in [0.15, 0.2) is 0 Å². The van der Waals surface area contributed by atoms with E-state index in [9.17, 15) is 4.79 Å². The van der Waals surface area contributed by atoms with Crippen LogP contribution in [0.4, 0.5) is 0 Å². The Morgan fingerprint density at radius 3 is 2.68 bits per heavy atom. The molecule has 1 atom stereocenters. The number of nitrogens with zero attached hydrogens (tertiary/aromatic N) is 3. The van der Waals surface area contributed by atoms with Crippen LogP contribution in [0.1, 0.15) is 41.8 Å². The zero-order valence-corrected chi connectivity index (χ0v) is 11.3. The Hall–Kier alpha value is -2.17. The fourth-order valence-electron chi connectivity index (χ4n) is 1.95. The Morgan fingerprint density at radius 1 is 1.37 bits per heavy atom. The molecule has 2 aromatic rings. The van der Waals surface area contributed by atoms with Crippen LogP contribution < -0.4 is 0 Å². The summed E-state index contributed by atoms with van der Waals surface area (Å²) < 4.78 is 6.53. The smallest absolute Gasteiger partial charge is 0.378 e. The highest BCUT2D eigenvalue weighted by Crippen LogP contribution is 2.21. The molecule has 0 aliphatic rings. The van der Waals surface area contributed by atoms with E-state index in [4.69, 9.17) is 4.74 Å². The minimum atomic E-state index is -0.482. The van der Waals surface area contributed by atoms with Crippen LogP contribution in [0, 0.1) is 0 Å². The summed E-state index contributed by atoms with van der Waals surface area (Å²) in [5.74, 6) is 0.447. The van der Waals surface area contributed by atoms with E-state index < -0.39 is 5.97 Å². The maximum atomic E-state index is 11.6. The summed E-state index contributed by atoms with van der Waals surface area (Å²) in [6.45, 7) is 4.11. The van der Waals surface area contributed by atoms with Crippen molar-refractivity contribution < 1.29 is 9.53 Å². The number of carbonyl (C=O) groups is 1. The van der Waals surface area contributed by atoms with Crippen molar-refractivity contribution in [3.8, 4) is 0 Å². The number of esters is 1. The highest BCUT2D eigenvalue weighted by Gasteiger charge is 2.20. The first-order valence-corrected chi connectivity index (χ1v) is 6.26. The van der Waals surface area contributed by atoms with Gasteiger partial charge in [-0.2, -0.15) is 0 Å². The molecule has 1 aromatic heterocycles. The Kier molecular flexibility index (Phi) is 3.94. The van der Waals surface area contributed by atoms with Crippen LogP contribution in [0.25, 0.3) is 0 Å². The largest absolute Gasteiger partial charge is 0.460 e. The molecule has 0 aliphatic carbocycles. The second-order valence-electron chi connectivity index (χ2n) is 4.27. The summed E-state index contributed by atoms with van der Waals surface area (Å²) in [5, 5.41) is 4.11. The van der Waals surface area contributed by atoms with Crippen LogP contribution in [0.5, 0.6) is 0 Å². The minimum Gasteiger partial charge on any atom is -0.460 e. The Bertz CT molecular complexity index is 563. The van der Waals surface area contributed by atoms with Crippen LogP contribution in [0.2, 0.25) is 0 Å². The molecular formula is C14H17N3O2. The molecule has 100 valence electrons. The van der Waals surface area contributed by atoms with Gasteiger partial charge in [0.05, 0.1) is 6.61 Å². The van der Waals surface area contributed by atoms with Crippen molar-refractivity contribution in [2.45, 2.75) is 19.8 Å². The van der Waals surface area contributed by atoms with Gasteiger partial charge < -0.3 is 4.74 Å². The third kappa shape index (κ3) is 2.81. The van der Waals surface area contributed by atoms with E-state index >= 15 is 0 Å². The molecule has 5 nitrogen and oxygen atoms in total. The number of hydrogen-bond donors (Lipinski definition) is 0. The summed E-state index contributed by atoms with van der Waals surface area (Å²) in [6, 6.07) is 9.99. The highest BCUT2D eigenvalue weighted by atomic mass is 16.5. The molecule has 0 N–H and O–H groups in total. The first-order valence-electron chi connectivity index (χ1n) is 6.26. The van der Waals surface area contributed by atoms with Crippen molar-refractivity contribution in [2.75, 3.05) is 6.61 Å². The van der Waals surface area contributed by atoms with Gasteiger partial charge in [-0.25, -0.2) is 9.78 Å². The van der Waals surface area contributed by atoms with Gasteiger partial charge in [0, 0.05) is 13.0 Å². The molecule has 19 heavy (non-hydrogen) atoms. The summed E-state index contributed by atoms with van der Waals surface area (Å²) in [5.41, 5.74) is 1.13. The molecular weight excluding hydrogens is 242 g/mol. The first-order chi connectivity index (χ1) is 9.13. The number of carbonyl (C=O) groups excluding carboxylic acids is 1. The average Bonchev–Trinajstić information content (AvgIpc) is 2.81. The molecule has 0 amide bonds. The Labute approximate surface area is 112 Å². The average molecular weight is 259 g/mol. The zero-order chi connectivity index (χ0) is 13.8. The van der Waals surface area contributed by atoms with Crippen molar-refractivity contribution in [3.63, 3.8) is 0 Å². The number of rotatable bonds is 4. The van der Waals surface area contributed by atoms with E-state index in [0.29, 0.717) is 6.61 Å². The van der Waals surface area contributed by atoms with Gasteiger partial charge in [-0.1, -0.05) is 37.3 Å². The van der Waals surface area contributed by atoms with Gasteiger partial charge in [-0.3, -0.25) is 4.68 Å². The second kappa shape index (κ2) is 5.65. The summed E-state index contributed by atoms with van der Waals surface area (Å²) >= 11 is 0. The van der Waals surface area contributed by atoms with Crippen molar-refractivity contribution in [2.24, 2.45) is 7.05 Å². The molecule has 1 aromatic carbocycles. The number of aromatic nitrogens is 3. The lowest BCUT2D eigenvalue weighted by Crippen LogP contribution is -2.07. The van der Waals surface area contributed by atoms with Crippen molar-refractivity contribution in [1.29, 1.82) is 0 Å². The third-order valence-electron chi connectivity index (χ3n) is 2.94. The maximum Gasteiger partial charge on any atom is 0.378 e. The fourth-order valence-corrected chi connectivity index (χ4v) is 1.95. The van der Waals surface area contributed by atoms with Gasteiger partial charge in [-0.15, -0.1) is 5.10 Å². The molecule has 0 saturated carbocycles. The van der Waals surface area contributed by atoms with Gasteiger partial charge in [0.25, 0.3) is 5.82 Å². The second-order valence-corrected chi connectivity index (χ2v) is 4.27. The normalized spacial score (nSPS) is 12.2. The molecule has 0 radical (unpaired) electrons. The molecule has 1 unspecified atom stereocenters. The summed E-state index contributed by atoms with van der Waals surface area (Å²) in [7, 11) is 1.78. The Balaban J connectivity index is 2.28. The monoisotopic (exact) mass is 259 g/mol. The zero-order valence-electron chi connectivity index (χ0n) is 11.3. The van der Waals surface area contributed by atoms with Gasteiger partial charge in [0.1, 0.15) is 5.82 Å². The molecule has 0 fully saturated rings. The van der Waals surface area contributed by atoms with Crippen molar-refractivity contribution in [3.05, 3.63) is 47.5 Å². The number of aryl methyl sites for hydroxylation is 1. The number of ether oxygens (including phenoxy) is 1. The standard InChI is InChI=1S/C14H17N3O2/c1-4-19-14(18)12-15-13(17(3)16-12)10(2)11-8-6-5-7-9-11/h5-10H,4H2,1-3H3. The van der Waals surface area contributed by atoms with Crippen LogP contribution in [0.15, 0.2) is 30.3 Å². The fraction of sp³-hybridized carbons (Fsp3) is 0.357. The summed E-state index contributed by atoms with van der Waals surface area (Å²) in [4.78, 5) is 15.9. The summed E-state index contributed by atoms with van der Waals surface area (Å²) in [6.07, 6.45) is 0. The lowest BCUT2D eigenvalue weighted by Gasteiger charge is -2.10. The molecule has 0 bridgehead atoms. The van der Waals surface area contributed by atoms with Gasteiger partial charge in [0.2, 0.25) is 0 Å². The van der Waals surface area contributed by atoms with E-state index in [2.05, 4.69) is 10.1 Å².